The normalized spacial score (nSPS) is 16.0. The van der Waals surface area contributed by atoms with E-state index >= 15 is 0 Å². The second kappa shape index (κ2) is 7.77. The Morgan fingerprint density at radius 1 is 1.43 bits per heavy atom. The van der Waals surface area contributed by atoms with E-state index in [1.807, 2.05) is 12.1 Å². The highest BCUT2D eigenvalue weighted by Crippen LogP contribution is 2.32. The first-order chi connectivity index (χ1) is 13.5. The highest BCUT2D eigenvalue weighted by atomic mass is 35.5. The van der Waals surface area contributed by atoms with E-state index in [1.54, 1.807) is 12.1 Å². The van der Waals surface area contributed by atoms with Gasteiger partial charge in [0.05, 0.1) is 36.9 Å². The highest BCUT2D eigenvalue weighted by molar-refractivity contribution is 6.34. The van der Waals surface area contributed by atoms with Crippen molar-refractivity contribution in [3.05, 3.63) is 47.0 Å². The number of amides is 1. The molecule has 146 valence electrons. The molecule has 1 aromatic carbocycles. The van der Waals surface area contributed by atoms with Crippen LogP contribution in [0.15, 0.2) is 30.3 Å². The van der Waals surface area contributed by atoms with Crippen LogP contribution in [0.4, 0.5) is 4.39 Å². The maximum absolute atomic E-state index is 13.9. The summed E-state index contributed by atoms with van der Waals surface area (Å²) in [7, 11) is 1.39. The monoisotopic (exact) mass is 403 g/mol. The standard InChI is InChI=1S/C20H19ClFN3O3/c1-27-18-3-2-16(25-20(18)22)14-9-17-11(7-15(14)21)6-12(24-17)10-23-19(26)8-13-4-5-28-13/h2-3,6-7,9,13,24H,4-5,8,10H2,1H3,(H,23,26). The maximum atomic E-state index is 13.9. The van der Waals surface area contributed by atoms with Crippen LogP contribution in [-0.4, -0.2) is 35.7 Å². The van der Waals surface area contributed by atoms with E-state index < -0.39 is 5.95 Å². The number of rotatable bonds is 6. The summed E-state index contributed by atoms with van der Waals surface area (Å²) in [5, 5.41) is 4.24. The Kier molecular flexibility index (Phi) is 5.19. The Hall–Kier alpha value is -2.64. The van der Waals surface area contributed by atoms with Gasteiger partial charge in [-0.3, -0.25) is 4.79 Å². The van der Waals surface area contributed by atoms with Crippen molar-refractivity contribution in [3.63, 3.8) is 0 Å². The number of H-pyrrole nitrogens is 1. The van der Waals surface area contributed by atoms with Crippen molar-refractivity contribution in [2.24, 2.45) is 0 Å². The minimum atomic E-state index is -0.693. The number of carbonyl (C=O) groups excluding carboxylic acids is 1. The number of methoxy groups -OCH3 is 1. The SMILES string of the molecule is COc1ccc(-c2cc3[nH]c(CNC(=O)CC4CCO4)cc3cc2Cl)nc1F. The van der Waals surface area contributed by atoms with Gasteiger partial charge in [-0.1, -0.05) is 11.6 Å². The molecule has 8 heteroatoms. The van der Waals surface area contributed by atoms with E-state index in [4.69, 9.17) is 21.1 Å². The summed E-state index contributed by atoms with van der Waals surface area (Å²) in [6, 6.07) is 8.70. The molecule has 0 aliphatic carbocycles. The predicted molar refractivity (Wildman–Crippen MR) is 104 cm³/mol. The summed E-state index contributed by atoms with van der Waals surface area (Å²) in [6.07, 6.45) is 1.35. The number of nitrogens with zero attached hydrogens (tertiary/aromatic N) is 1. The quantitative estimate of drug-likeness (QED) is 0.613. The molecular formula is C20H19ClFN3O3. The number of hydrogen-bond donors (Lipinski definition) is 2. The van der Waals surface area contributed by atoms with Crippen LogP contribution in [-0.2, 0) is 16.1 Å². The average Bonchev–Trinajstić information content (AvgIpc) is 3.04. The van der Waals surface area contributed by atoms with Crippen LogP contribution in [0.25, 0.3) is 22.2 Å². The number of hydrogen-bond acceptors (Lipinski definition) is 4. The van der Waals surface area contributed by atoms with Crippen molar-refractivity contribution in [1.82, 2.24) is 15.3 Å². The molecule has 0 saturated carbocycles. The summed E-state index contributed by atoms with van der Waals surface area (Å²) >= 11 is 6.39. The van der Waals surface area contributed by atoms with Crippen molar-refractivity contribution in [3.8, 4) is 17.0 Å². The molecule has 1 saturated heterocycles. The minimum absolute atomic E-state index is 0.0417. The lowest BCUT2D eigenvalue weighted by Gasteiger charge is -2.25. The van der Waals surface area contributed by atoms with Crippen LogP contribution in [0.2, 0.25) is 5.02 Å². The van der Waals surface area contributed by atoms with Crippen LogP contribution in [0.1, 0.15) is 18.5 Å². The summed E-state index contributed by atoms with van der Waals surface area (Å²) in [6.45, 7) is 1.11. The molecule has 2 aromatic heterocycles. The summed E-state index contributed by atoms with van der Waals surface area (Å²) in [5.74, 6) is -0.660. The van der Waals surface area contributed by atoms with Gasteiger partial charge in [-0.15, -0.1) is 0 Å². The fraction of sp³-hybridized carbons (Fsp3) is 0.300. The van der Waals surface area contributed by atoms with Crippen molar-refractivity contribution < 1.29 is 18.7 Å². The molecule has 1 fully saturated rings. The molecule has 4 rings (SSSR count). The third-order valence-corrected chi connectivity index (χ3v) is 5.07. The smallest absolute Gasteiger partial charge is 0.255 e. The molecule has 1 aliphatic heterocycles. The van der Waals surface area contributed by atoms with Gasteiger partial charge in [0.15, 0.2) is 5.75 Å². The Labute approximate surface area is 166 Å². The number of aromatic amines is 1. The molecule has 1 atom stereocenters. The van der Waals surface area contributed by atoms with Crippen LogP contribution in [0.3, 0.4) is 0 Å². The van der Waals surface area contributed by atoms with Gasteiger partial charge < -0.3 is 19.8 Å². The zero-order valence-electron chi connectivity index (χ0n) is 15.2. The van der Waals surface area contributed by atoms with Gasteiger partial charge in [0.25, 0.3) is 5.95 Å². The minimum Gasteiger partial charge on any atom is -0.492 e. The molecule has 0 bridgehead atoms. The number of carbonyl (C=O) groups is 1. The van der Waals surface area contributed by atoms with E-state index in [0.29, 0.717) is 29.2 Å². The maximum Gasteiger partial charge on any atom is 0.255 e. The fourth-order valence-corrected chi connectivity index (χ4v) is 3.42. The molecule has 1 amide bonds. The number of benzene rings is 1. The molecule has 28 heavy (non-hydrogen) atoms. The van der Waals surface area contributed by atoms with E-state index in [9.17, 15) is 9.18 Å². The Balaban J connectivity index is 1.53. The van der Waals surface area contributed by atoms with Crippen LogP contribution >= 0.6 is 11.6 Å². The average molecular weight is 404 g/mol. The summed E-state index contributed by atoms with van der Waals surface area (Å²) < 4.78 is 24.1. The Bertz CT molecular complexity index is 1030. The Morgan fingerprint density at radius 2 is 2.25 bits per heavy atom. The number of aromatic nitrogens is 2. The van der Waals surface area contributed by atoms with Crippen molar-refractivity contribution in [1.29, 1.82) is 0 Å². The third-order valence-electron chi connectivity index (χ3n) is 4.76. The largest absolute Gasteiger partial charge is 0.492 e. The van der Waals surface area contributed by atoms with Gasteiger partial charge in [0.2, 0.25) is 5.91 Å². The first-order valence-corrected chi connectivity index (χ1v) is 9.31. The Morgan fingerprint density at radius 3 is 2.93 bits per heavy atom. The molecule has 1 aliphatic rings. The lowest BCUT2D eigenvalue weighted by atomic mass is 10.1. The highest BCUT2D eigenvalue weighted by Gasteiger charge is 2.21. The van der Waals surface area contributed by atoms with Gasteiger partial charge >= 0.3 is 0 Å². The van der Waals surface area contributed by atoms with Gasteiger partial charge in [0.1, 0.15) is 0 Å². The molecule has 3 aromatic rings. The van der Waals surface area contributed by atoms with Gasteiger partial charge in [-0.2, -0.15) is 4.39 Å². The molecule has 3 heterocycles. The summed E-state index contributed by atoms with van der Waals surface area (Å²) in [5.41, 5.74) is 2.69. The van der Waals surface area contributed by atoms with Gasteiger partial charge in [-0.05, 0) is 36.8 Å². The lowest BCUT2D eigenvalue weighted by molar-refractivity contribution is -0.129. The van der Waals surface area contributed by atoms with Crippen molar-refractivity contribution in [2.45, 2.75) is 25.5 Å². The van der Waals surface area contributed by atoms with Gasteiger partial charge in [0, 0.05) is 28.8 Å². The molecule has 0 radical (unpaired) electrons. The van der Waals surface area contributed by atoms with E-state index in [0.717, 1.165) is 29.6 Å². The number of fused-ring (bicyclic) bond motifs is 1. The molecular weight excluding hydrogens is 385 g/mol. The van der Waals surface area contributed by atoms with Crippen LogP contribution in [0.5, 0.6) is 5.75 Å². The zero-order chi connectivity index (χ0) is 19.7. The van der Waals surface area contributed by atoms with Crippen molar-refractivity contribution in [2.75, 3.05) is 13.7 Å². The first-order valence-electron chi connectivity index (χ1n) is 8.94. The van der Waals surface area contributed by atoms with E-state index in [-0.39, 0.29) is 17.8 Å². The van der Waals surface area contributed by atoms with E-state index in [1.165, 1.54) is 13.2 Å². The van der Waals surface area contributed by atoms with Gasteiger partial charge in [-0.25, -0.2) is 4.98 Å². The number of pyridine rings is 1. The molecule has 2 N–H and O–H groups in total. The second-order valence-electron chi connectivity index (χ2n) is 6.67. The third kappa shape index (κ3) is 3.81. The molecule has 6 nitrogen and oxygen atoms in total. The first kappa shape index (κ1) is 18.7. The fourth-order valence-electron chi connectivity index (χ4n) is 3.15. The van der Waals surface area contributed by atoms with E-state index in [2.05, 4.69) is 15.3 Å². The number of ether oxygens (including phenoxy) is 2. The second-order valence-corrected chi connectivity index (χ2v) is 7.07. The number of nitrogens with one attached hydrogen (secondary N) is 2. The predicted octanol–water partition coefficient (Wildman–Crippen LogP) is 3.83. The topological polar surface area (TPSA) is 76.2 Å². The van der Waals surface area contributed by atoms with Crippen molar-refractivity contribution >= 4 is 28.4 Å². The van der Waals surface area contributed by atoms with Crippen LogP contribution < -0.4 is 10.1 Å². The number of halogens is 2. The summed E-state index contributed by atoms with van der Waals surface area (Å²) in [4.78, 5) is 19.1. The molecule has 1 unspecified atom stereocenters. The van der Waals surface area contributed by atoms with Crippen LogP contribution in [0, 0.1) is 5.95 Å². The molecule has 0 spiro atoms. The zero-order valence-corrected chi connectivity index (χ0v) is 16.0. The lowest BCUT2D eigenvalue weighted by Crippen LogP contribution is -2.34.